The first-order valence-corrected chi connectivity index (χ1v) is 10.9. The summed E-state index contributed by atoms with van der Waals surface area (Å²) in [5, 5.41) is 3.11. The van der Waals surface area contributed by atoms with Gasteiger partial charge in [0.1, 0.15) is 0 Å². The second kappa shape index (κ2) is 9.29. The van der Waals surface area contributed by atoms with Gasteiger partial charge in [0.15, 0.2) is 0 Å². The highest BCUT2D eigenvalue weighted by molar-refractivity contribution is 5.94. The number of nitrogens with one attached hydrogen (secondary N) is 1. The fourth-order valence-corrected chi connectivity index (χ4v) is 4.41. The molecule has 2 aliphatic heterocycles. The van der Waals surface area contributed by atoms with Crippen molar-refractivity contribution in [1.29, 1.82) is 0 Å². The van der Waals surface area contributed by atoms with Gasteiger partial charge in [-0.3, -0.25) is 19.4 Å². The summed E-state index contributed by atoms with van der Waals surface area (Å²) < 4.78 is 0. The van der Waals surface area contributed by atoms with Crippen molar-refractivity contribution in [2.24, 2.45) is 5.92 Å². The van der Waals surface area contributed by atoms with E-state index >= 15 is 0 Å². The highest BCUT2D eigenvalue weighted by atomic mass is 16.2. The molecule has 0 spiro atoms. The number of hydrogen-bond donors (Lipinski definition) is 1. The van der Waals surface area contributed by atoms with Crippen LogP contribution in [0.15, 0.2) is 54.9 Å². The van der Waals surface area contributed by atoms with Crippen LogP contribution >= 0.6 is 0 Å². The topological polar surface area (TPSA) is 82.6 Å². The second-order valence-electron chi connectivity index (χ2n) is 8.35. The van der Waals surface area contributed by atoms with Crippen LogP contribution in [0.25, 0.3) is 0 Å². The minimum atomic E-state index is -0.325. The molecule has 2 aromatic rings. The van der Waals surface area contributed by atoms with Crippen molar-refractivity contribution in [3.8, 4) is 0 Å². The van der Waals surface area contributed by atoms with Gasteiger partial charge in [-0.2, -0.15) is 0 Å². The second-order valence-corrected chi connectivity index (χ2v) is 8.35. The van der Waals surface area contributed by atoms with E-state index in [1.807, 2.05) is 42.2 Å². The van der Waals surface area contributed by atoms with E-state index in [0.717, 1.165) is 5.56 Å². The van der Waals surface area contributed by atoms with Crippen LogP contribution in [0.3, 0.4) is 0 Å². The lowest BCUT2D eigenvalue weighted by Gasteiger charge is -2.33. The number of piperidine rings is 1. The van der Waals surface area contributed by atoms with E-state index in [1.165, 1.54) is 0 Å². The van der Waals surface area contributed by atoms with E-state index in [9.17, 15) is 14.4 Å². The summed E-state index contributed by atoms with van der Waals surface area (Å²) in [6.07, 6.45) is 4.90. The Morgan fingerprint density at radius 3 is 2.52 bits per heavy atom. The molecule has 7 nitrogen and oxygen atoms in total. The Morgan fingerprint density at radius 1 is 1.10 bits per heavy atom. The Morgan fingerprint density at radius 2 is 1.84 bits per heavy atom. The minimum absolute atomic E-state index is 0.0217. The smallest absolute Gasteiger partial charge is 0.255 e. The lowest BCUT2D eigenvalue weighted by Crippen LogP contribution is -2.48. The molecule has 7 heteroatoms. The van der Waals surface area contributed by atoms with Crippen molar-refractivity contribution in [1.82, 2.24) is 20.1 Å². The van der Waals surface area contributed by atoms with Gasteiger partial charge < -0.3 is 15.1 Å². The molecule has 0 bridgehead atoms. The van der Waals surface area contributed by atoms with Gasteiger partial charge >= 0.3 is 0 Å². The highest BCUT2D eigenvalue weighted by Gasteiger charge is 2.38. The SMILES string of the molecule is CC(c1ccccc1)N1CC(C(=O)NC2CCN(C(=O)c3cccnc3)CC2)CC1=O. The number of hydrogen-bond acceptors (Lipinski definition) is 4. The number of aromatic nitrogens is 1. The zero-order chi connectivity index (χ0) is 21.8. The van der Waals surface area contributed by atoms with Gasteiger partial charge in [-0.05, 0) is 37.5 Å². The van der Waals surface area contributed by atoms with E-state index < -0.39 is 0 Å². The van der Waals surface area contributed by atoms with Gasteiger partial charge in [0.05, 0.1) is 17.5 Å². The standard InChI is InChI=1S/C24H28N4O3/c1-17(18-6-3-2-4-7-18)28-16-20(14-22(28)29)23(30)26-21-9-12-27(13-10-21)24(31)19-8-5-11-25-15-19/h2-8,11,15,17,20-21H,9-10,12-14,16H2,1H3,(H,26,30). The maximum Gasteiger partial charge on any atom is 0.255 e. The minimum Gasteiger partial charge on any atom is -0.353 e. The molecule has 162 valence electrons. The van der Waals surface area contributed by atoms with E-state index in [1.54, 1.807) is 29.4 Å². The molecule has 2 unspecified atom stereocenters. The number of rotatable bonds is 5. The summed E-state index contributed by atoms with van der Waals surface area (Å²) >= 11 is 0. The van der Waals surface area contributed by atoms with Gasteiger partial charge in [-0.1, -0.05) is 30.3 Å². The van der Waals surface area contributed by atoms with Crippen LogP contribution in [0.1, 0.15) is 48.1 Å². The summed E-state index contributed by atoms with van der Waals surface area (Å²) in [5.41, 5.74) is 1.66. The predicted octanol–water partition coefficient (Wildman–Crippen LogP) is 2.41. The lowest BCUT2D eigenvalue weighted by molar-refractivity contribution is -0.130. The third kappa shape index (κ3) is 4.76. The van der Waals surface area contributed by atoms with E-state index in [-0.39, 0.29) is 42.1 Å². The fraction of sp³-hybridized carbons (Fsp3) is 0.417. The quantitative estimate of drug-likeness (QED) is 0.805. The first-order valence-electron chi connectivity index (χ1n) is 10.9. The molecule has 3 heterocycles. The van der Waals surface area contributed by atoms with Crippen molar-refractivity contribution in [2.45, 2.75) is 38.3 Å². The number of amides is 3. The fourth-order valence-electron chi connectivity index (χ4n) is 4.41. The van der Waals surface area contributed by atoms with Crippen molar-refractivity contribution in [2.75, 3.05) is 19.6 Å². The van der Waals surface area contributed by atoms with Gasteiger partial charge in [0, 0.05) is 44.5 Å². The Bertz CT molecular complexity index is 926. The summed E-state index contributed by atoms with van der Waals surface area (Å²) in [7, 11) is 0. The zero-order valence-corrected chi connectivity index (χ0v) is 17.7. The van der Waals surface area contributed by atoms with Gasteiger partial charge in [0.25, 0.3) is 5.91 Å². The molecule has 31 heavy (non-hydrogen) atoms. The average molecular weight is 421 g/mol. The summed E-state index contributed by atoms with van der Waals surface area (Å²) in [4.78, 5) is 45.5. The molecule has 2 atom stereocenters. The van der Waals surface area contributed by atoms with Crippen molar-refractivity contribution in [3.05, 3.63) is 66.0 Å². The maximum atomic E-state index is 12.8. The average Bonchev–Trinajstić information content (AvgIpc) is 3.21. The predicted molar refractivity (Wildman–Crippen MR) is 116 cm³/mol. The van der Waals surface area contributed by atoms with Gasteiger partial charge in [-0.15, -0.1) is 0 Å². The maximum absolute atomic E-state index is 12.8. The Kier molecular flexibility index (Phi) is 6.30. The Labute approximate surface area is 182 Å². The molecule has 2 fully saturated rings. The number of pyridine rings is 1. The Balaban J connectivity index is 1.28. The van der Waals surface area contributed by atoms with Crippen LogP contribution < -0.4 is 5.32 Å². The largest absolute Gasteiger partial charge is 0.353 e. The van der Waals surface area contributed by atoms with E-state index in [0.29, 0.717) is 38.0 Å². The molecule has 4 rings (SSSR count). The molecule has 1 aromatic heterocycles. The number of nitrogens with zero attached hydrogens (tertiary/aromatic N) is 3. The van der Waals surface area contributed by atoms with Gasteiger partial charge in [0.2, 0.25) is 11.8 Å². The molecule has 1 N–H and O–H groups in total. The summed E-state index contributed by atoms with van der Waals surface area (Å²) in [5.74, 6) is -0.389. The van der Waals surface area contributed by atoms with Crippen LogP contribution in [0.4, 0.5) is 0 Å². The lowest BCUT2D eigenvalue weighted by atomic mass is 10.0. The molecule has 1 aromatic carbocycles. The number of benzene rings is 1. The van der Waals surface area contributed by atoms with Crippen LogP contribution in [-0.4, -0.2) is 58.2 Å². The first-order chi connectivity index (χ1) is 15.0. The van der Waals surface area contributed by atoms with Crippen LogP contribution in [-0.2, 0) is 9.59 Å². The molecular formula is C24H28N4O3. The molecule has 2 saturated heterocycles. The van der Waals surface area contributed by atoms with E-state index in [2.05, 4.69) is 10.3 Å². The van der Waals surface area contributed by atoms with Crippen LogP contribution in [0, 0.1) is 5.92 Å². The first kappa shape index (κ1) is 21.0. The van der Waals surface area contributed by atoms with Crippen molar-refractivity contribution in [3.63, 3.8) is 0 Å². The number of carbonyl (C=O) groups is 3. The molecule has 3 amide bonds. The Hall–Kier alpha value is -3.22. The van der Waals surface area contributed by atoms with Crippen molar-refractivity contribution < 1.29 is 14.4 Å². The molecule has 2 aliphatic rings. The molecular weight excluding hydrogens is 392 g/mol. The third-order valence-electron chi connectivity index (χ3n) is 6.32. The van der Waals surface area contributed by atoms with Crippen LogP contribution in [0.2, 0.25) is 0 Å². The monoisotopic (exact) mass is 420 g/mol. The summed E-state index contributed by atoms with van der Waals surface area (Å²) in [6, 6.07) is 13.4. The number of likely N-dealkylation sites (tertiary alicyclic amines) is 2. The highest BCUT2D eigenvalue weighted by Crippen LogP contribution is 2.28. The van der Waals surface area contributed by atoms with E-state index in [4.69, 9.17) is 0 Å². The summed E-state index contributed by atoms with van der Waals surface area (Å²) in [6.45, 7) is 3.64. The molecule has 0 saturated carbocycles. The van der Waals surface area contributed by atoms with Gasteiger partial charge in [-0.25, -0.2) is 0 Å². The van der Waals surface area contributed by atoms with Crippen molar-refractivity contribution >= 4 is 17.7 Å². The molecule has 0 aliphatic carbocycles. The number of carbonyl (C=O) groups excluding carboxylic acids is 3. The van der Waals surface area contributed by atoms with Crippen LogP contribution in [0.5, 0.6) is 0 Å². The molecule has 0 radical (unpaired) electrons. The zero-order valence-electron chi connectivity index (χ0n) is 17.7. The normalized spacial score (nSPS) is 20.5. The third-order valence-corrected chi connectivity index (χ3v) is 6.32.